The highest BCUT2D eigenvalue weighted by Crippen LogP contribution is 2.34. The molecule has 5 heteroatoms. The predicted octanol–water partition coefficient (Wildman–Crippen LogP) is 4.34. The van der Waals surface area contributed by atoms with Crippen LogP contribution in [0, 0.1) is 5.82 Å². The van der Waals surface area contributed by atoms with Gasteiger partial charge in [0, 0.05) is 18.8 Å². The lowest BCUT2D eigenvalue weighted by Gasteiger charge is -2.23. The van der Waals surface area contributed by atoms with Gasteiger partial charge in [-0.2, -0.15) is 0 Å². The highest BCUT2D eigenvalue weighted by Gasteiger charge is 2.12. The fourth-order valence-electron chi connectivity index (χ4n) is 2.00. The normalized spacial score (nSPS) is 10.8. The van der Waals surface area contributed by atoms with E-state index >= 15 is 0 Å². The number of rotatable bonds is 4. The van der Waals surface area contributed by atoms with E-state index in [1.807, 2.05) is 0 Å². The molecule has 0 saturated heterocycles. The van der Waals surface area contributed by atoms with E-state index in [2.05, 4.69) is 0 Å². The number of carbonyl (C=O) groups is 1. The summed E-state index contributed by atoms with van der Waals surface area (Å²) in [4.78, 5) is 12.4. The Balaban J connectivity index is 2.49. The van der Waals surface area contributed by atoms with E-state index < -0.39 is 5.97 Å². The van der Waals surface area contributed by atoms with Crippen LogP contribution in [0.25, 0.3) is 6.08 Å². The van der Waals surface area contributed by atoms with Gasteiger partial charge < -0.3 is 10.0 Å². The molecule has 0 saturated carbocycles. The van der Waals surface area contributed by atoms with Gasteiger partial charge in [0.1, 0.15) is 5.82 Å². The smallest absolute Gasteiger partial charge is 0.328 e. The van der Waals surface area contributed by atoms with Crippen molar-refractivity contribution >= 4 is 35.0 Å². The maximum atomic E-state index is 13.3. The first-order chi connectivity index (χ1) is 9.99. The van der Waals surface area contributed by atoms with Crippen LogP contribution in [-0.4, -0.2) is 18.1 Å². The molecule has 1 N–H and O–H groups in total. The maximum Gasteiger partial charge on any atom is 0.328 e. The van der Waals surface area contributed by atoms with Crippen molar-refractivity contribution in [1.29, 1.82) is 0 Å². The van der Waals surface area contributed by atoms with Crippen molar-refractivity contribution in [3.8, 4) is 0 Å². The molecule has 0 aliphatic carbocycles. The van der Waals surface area contributed by atoms with Crippen LogP contribution in [-0.2, 0) is 4.79 Å². The summed E-state index contributed by atoms with van der Waals surface area (Å²) >= 11 is 6.21. The zero-order valence-electron chi connectivity index (χ0n) is 11.3. The predicted molar refractivity (Wildman–Crippen MR) is 82.6 cm³/mol. The number of carboxylic acids is 1. The molecule has 2 aromatic carbocycles. The summed E-state index contributed by atoms with van der Waals surface area (Å²) in [5.74, 6) is -1.40. The van der Waals surface area contributed by atoms with Gasteiger partial charge in [0.25, 0.3) is 0 Å². The summed E-state index contributed by atoms with van der Waals surface area (Å²) in [5, 5.41) is 9.20. The second-order valence-electron chi connectivity index (χ2n) is 4.39. The molecular formula is C16H13ClFNO2. The van der Waals surface area contributed by atoms with E-state index in [-0.39, 0.29) is 5.82 Å². The van der Waals surface area contributed by atoms with Gasteiger partial charge in [-0.15, -0.1) is 0 Å². The molecule has 0 heterocycles. The average Bonchev–Trinajstić information content (AvgIpc) is 2.44. The average molecular weight is 306 g/mol. The maximum absolute atomic E-state index is 13.3. The van der Waals surface area contributed by atoms with Gasteiger partial charge in [-0.05, 0) is 35.9 Å². The number of carboxylic acid groups (broad SMARTS) is 1. The minimum atomic E-state index is -1.05. The molecule has 2 aromatic rings. The lowest BCUT2D eigenvalue weighted by Crippen LogP contribution is -2.11. The van der Waals surface area contributed by atoms with Gasteiger partial charge in [0.05, 0.1) is 10.7 Å². The standard InChI is InChI=1S/C16H13ClFNO2/c1-19(13-6-3-5-12(18)10-13)16-11(8-9-15(20)21)4-2-7-14(16)17/h2-10H,1H3,(H,20,21)/b9-8+. The van der Waals surface area contributed by atoms with E-state index in [9.17, 15) is 9.18 Å². The van der Waals surface area contributed by atoms with Crippen LogP contribution in [0.1, 0.15) is 5.56 Å². The zero-order valence-corrected chi connectivity index (χ0v) is 12.0. The monoisotopic (exact) mass is 305 g/mol. The van der Waals surface area contributed by atoms with Crippen LogP contribution < -0.4 is 4.90 Å². The van der Waals surface area contributed by atoms with E-state index in [1.54, 1.807) is 42.3 Å². The minimum absolute atomic E-state index is 0.353. The molecule has 21 heavy (non-hydrogen) atoms. The molecule has 0 unspecified atom stereocenters. The SMILES string of the molecule is CN(c1cccc(F)c1)c1c(Cl)cccc1/C=C/C(=O)O. The third-order valence-corrected chi connectivity index (χ3v) is 3.26. The molecule has 0 spiro atoms. The summed E-state index contributed by atoms with van der Waals surface area (Å²) in [5.41, 5.74) is 1.87. The van der Waals surface area contributed by atoms with E-state index in [1.165, 1.54) is 18.2 Å². The second-order valence-corrected chi connectivity index (χ2v) is 4.80. The minimum Gasteiger partial charge on any atom is -0.478 e. The van der Waals surface area contributed by atoms with Crippen LogP contribution in [0.15, 0.2) is 48.5 Å². The first kappa shape index (κ1) is 15.1. The number of hydrogen-bond donors (Lipinski definition) is 1. The molecule has 0 amide bonds. The largest absolute Gasteiger partial charge is 0.478 e. The fraction of sp³-hybridized carbons (Fsp3) is 0.0625. The molecule has 0 bridgehead atoms. The van der Waals surface area contributed by atoms with Crippen molar-refractivity contribution in [2.45, 2.75) is 0 Å². The Kier molecular flexibility index (Phi) is 4.60. The van der Waals surface area contributed by atoms with Crippen LogP contribution in [0.5, 0.6) is 0 Å². The summed E-state index contributed by atoms with van der Waals surface area (Å²) < 4.78 is 13.3. The number of halogens is 2. The Morgan fingerprint density at radius 2 is 2.00 bits per heavy atom. The molecule has 0 radical (unpaired) electrons. The number of nitrogens with zero attached hydrogens (tertiary/aromatic N) is 1. The van der Waals surface area contributed by atoms with Crippen LogP contribution in [0.2, 0.25) is 5.02 Å². The number of para-hydroxylation sites is 1. The Bertz CT molecular complexity index is 700. The third kappa shape index (κ3) is 3.61. The molecule has 108 valence electrons. The fourth-order valence-corrected chi connectivity index (χ4v) is 2.30. The Morgan fingerprint density at radius 3 is 2.67 bits per heavy atom. The summed E-state index contributed by atoms with van der Waals surface area (Å²) in [7, 11) is 1.74. The van der Waals surface area contributed by atoms with Crippen molar-refractivity contribution in [2.75, 3.05) is 11.9 Å². The van der Waals surface area contributed by atoms with E-state index in [0.29, 0.717) is 22.0 Å². The number of aliphatic carboxylic acids is 1. The molecule has 0 aliphatic heterocycles. The quantitative estimate of drug-likeness (QED) is 0.854. The summed E-state index contributed by atoms with van der Waals surface area (Å²) in [6.45, 7) is 0. The number of hydrogen-bond acceptors (Lipinski definition) is 2. The highest BCUT2D eigenvalue weighted by atomic mass is 35.5. The van der Waals surface area contributed by atoms with E-state index in [4.69, 9.17) is 16.7 Å². The van der Waals surface area contributed by atoms with Crippen LogP contribution >= 0.6 is 11.6 Å². The Morgan fingerprint density at radius 1 is 1.29 bits per heavy atom. The van der Waals surface area contributed by atoms with Gasteiger partial charge in [0.15, 0.2) is 0 Å². The lowest BCUT2D eigenvalue weighted by molar-refractivity contribution is -0.131. The van der Waals surface area contributed by atoms with Gasteiger partial charge >= 0.3 is 5.97 Å². The Hall–Kier alpha value is -2.33. The molecule has 0 aromatic heterocycles. The van der Waals surface area contributed by atoms with Crippen molar-refractivity contribution in [2.24, 2.45) is 0 Å². The van der Waals surface area contributed by atoms with Crippen LogP contribution in [0.4, 0.5) is 15.8 Å². The second kappa shape index (κ2) is 6.41. The topological polar surface area (TPSA) is 40.5 Å². The lowest BCUT2D eigenvalue weighted by atomic mass is 10.1. The molecular weight excluding hydrogens is 293 g/mol. The number of benzene rings is 2. The van der Waals surface area contributed by atoms with Gasteiger partial charge in [-0.25, -0.2) is 9.18 Å². The van der Waals surface area contributed by atoms with Crippen molar-refractivity contribution < 1.29 is 14.3 Å². The molecule has 0 fully saturated rings. The van der Waals surface area contributed by atoms with Gasteiger partial charge in [-0.3, -0.25) is 0 Å². The van der Waals surface area contributed by atoms with E-state index in [0.717, 1.165) is 6.08 Å². The van der Waals surface area contributed by atoms with Crippen molar-refractivity contribution in [3.05, 3.63) is 64.9 Å². The summed E-state index contributed by atoms with van der Waals surface area (Å²) in [6, 6.07) is 11.3. The van der Waals surface area contributed by atoms with Gasteiger partial charge in [0.2, 0.25) is 0 Å². The zero-order chi connectivity index (χ0) is 15.4. The first-order valence-corrected chi connectivity index (χ1v) is 6.55. The number of anilines is 2. The van der Waals surface area contributed by atoms with Gasteiger partial charge in [-0.1, -0.05) is 29.8 Å². The molecule has 0 atom stereocenters. The highest BCUT2D eigenvalue weighted by molar-refractivity contribution is 6.33. The molecule has 3 nitrogen and oxygen atoms in total. The van der Waals surface area contributed by atoms with Crippen molar-refractivity contribution in [1.82, 2.24) is 0 Å². The summed E-state index contributed by atoms with van der Waals surface area (Å²) in [6.07, 6.45) is 2.49. The molecule has 2 rings (SSSR count). The van der Waals surface area contributed by atoms with Crippen LogP contribution in [0.3, 0.4) is 0 Å². The third-order valence-electron chi connectivity index (χ3n) is 2.95. The van der Waals surface area contributed by atoms with Crippen molar-refractivity contribution in [3.63, 3.8) is 0 Å². The first-order valence-electron chi connectivity index (χ1n) is 6.18. The Labute approximate surface area is 126 Å². The molecule has 0 aliphatic rings.